The van der Waals surface area contributed by atoms with E-state index in [1.165, 1.54) is 20.0 Å². The summed E-state index contributed by atoms with van der Waals surface area (Å²) in [4.78, 5) is 13.0. The van der Waals surface area contributed by atoms with Gasteiger partial charge in [0.1, 0.15) is 12.3 Å². The second-order valence-electron chi connectivity index (χ2n) is 7.39. The van der Waals surface area contributed by atoms with Gasteiger partial charge in [-0.25, -0.2) is 10.1 Å². The van der Waals surface area contributed by atoms with E-state index >= 15 is 0 Å². The third-order valence-electron chi connectivity index (χ3n) is 4.91. The van der Waals surface area contributed by atoms with E-state index in [1.807, 2.05) is 6.07 Å². The predicted octanol–water partition coefficient (Wildman–Crippen LogP) is 2.27. The zero-order valence-electron chi connectivity index (χ0n) is 19.6. The predicted molar refractivity (Wildman–Crippen MR) is 129 cm³/mol. The molecule has 1 fully saturated rings. The second-order valence-corrected chi connectivity index (χ2v) is 7.39. The van der Waals surface area contributed by atoms with Gasteiger partial charge in [-0.1, -0.05) is 12.1 Å². The summed E-state index contributed by atoms with van der Waals surface area (Å²) < 4.78 is 21.7. The number of benzene rings is 1. The summed E-state index contributed by atoms with van der Waals surface area (Å²) >= 11 is 0. The van der Waals surface area contributed by atoms with Crippen LogP contribution in [0.1, 0.15) is 12.8 Å². The Hall–Kier alpha value is -4.36. The molecular formula is C23H26N8O5. The molecule has 0 aliphatic carbocycles. The smallest absolute Gasteiger partial charge is 0.263 e. The first-order valence-corrected chi connectivity index (χ1v) is 11.2. The maximum Gasteiger partial charge on any atom is 0.263 e. The third-order valence-corrected chi connectivity index (χ3v) is 4.91. The molecule has 0 bridgehead atoms. The van der Waals surface area contributed by atoms with Crippen molar-refractivity contribution in [2.75, 3.05) is 39.3 Å². The molecule has 0 amide bonds. The van der Waals surface area contributed by atoms with Gasteiger partial charge in [0.05, 0.1) is 13.7 Å². The average Bonchev–Trinajstić information content (AvgIpc) is 3.67. The fourth-order valence-corrected chi connectivity index (χ4v) is 3.20. The zero-order valence-corrected chi connectivity index (χ0v) is 19.6. The maximum atomic E-state index is 9.20. The molecule has 4 heterocycles. The summed E-state index contributed by atoms with van der Waals surface area (Å²) in [5.41, 5.74) is 7.29. The lowest BCUT2D eigenvalue weighted by Crippen LogP contribution is -2.08. The summed E-state index contributed by atoms with van der Waals surface area (Å²) in [5.74, 6) is 1.79. The molecule has 0 unspecified atom stereocenters. The summed E-state index contributed by atoms with van der Waals surface area (Å²) in [6.07, 6.45) is 4.13. The average molecular weight is 495 g/mol. The number of tetrazole rings is 1. The quantitative estimate of drug-likeness (QED) is 0.326. The van der Waals surface area contributed by atoms with Gasteiger partial charge in [0.25, 0.3) is 5.88 Å². The first-order chi connectivity index (χ1) is 17.7. The summed E-state index contributed by atoms with van der Waals surface area (Å²) in [7, 11) is 1.53. The molecule has 0 spiro atoms. The molecule has 3 aromatic heterocycles. The Kier molecular flexibility index (Phi) is 8.51. The maximum absolute atomic E-state index is 9.20. The van der Waals surface area contributed by atoms with E-state index in [0.29, 0.717) is 28.6 Å². The monoisotopic (exact) mass is 494 g/mol. The van der Waals surface area contributed by atoms with Gasteiger partial charge in [0.2, 0.25) is 5.75 Å². The van der Waals surface area contributed by atoms with E-state index < -0.39 is 0 Å². The number of nitrogens with two attached hydrogens (primary N) is 1. The molecule has 1 aromatic carbocycles. The number of anilines is 1. The van der Waals surface area contributed by atoms with Crippen LogP contribution in [0.3, 0.4) is 0 Å². The van der Waals surface area contributed by atoms with Crippen LogP contribution in [0, 0.1) is 0 Å². The molecule has 0 atom stereocenters. The van der Waals surface area contributed by atoms with Crippen molar-refractivity contribution in [3.8, 4) is 46.0 Å². The van der Waals surface area contributed by atoms with Crippen molar-refractivity contribution < 1.29 is 24.1 Å². The number of para-hydroxylation sites is 2. The van der Waals surface area contributed by atoms with Gasteiger partial charge in [0, 0.05) is 25.0 Å². The van der Waals surface area contributed by atoms with Gasteiger partial charge in [-0.2, -0.15) is 4.98 Å². The third kappa shape index (κ3) is 6.20. The Labute approximate surface area is 206 Å². The molecule has 1 aliphatic heterocycles. The number of nitrogens with one attached hydrogen (secondary N) is 1. The number of aliphatic hydroxyl groups is 1. The largest absolute Gasteiger partial charge is 0.493 e. The van der Waals surface area contributed by atoms with Gasteiger partial charge in [-0.3, -0.25) is 4.98 Å². The number of aliphatic hydroxyl groups excluding tert-OH is 1. The van der Waals surface area contributed by atoms with Crippen molar-refractivity contribution in [2.24, 2.45) is 0 Å². The van der Waals surface area contributed by atoms with E-state index in [4.69, 9.17) is 24.7 Å². The summed E-state index contributed by atoms with van der Waals surface area (Å²) in [5, 5.41) is 22.8. The molecule has 188 valence electrons. The van der Waals surface area contributed by atoms with Gasteiger partial charge in [-0.05, 0) is 47.5 Å². The Morgan fingerprint density at radius 2 is 1.92 bits per heavy atom. The van der Waals surface area contributed by atoms with Gasteiger partial charge in [0.15, 0.2) is 29.0 Å². The van der Waals surface area contributed by atoms with Crippen LogP contribution in [0.4, 0.5) is 5.82 Å². The Morgan fingerprint density at radius 1 is 1.11 bits per heavy atom. The number of aromatic nitrogens is 7. The molecule has 4 N–H and O–H groups in total. The van der Waals surface area contributed by atoms with Crippen LogP contribution >= 0.6 is 0 Å². The number of pyridine rings is 1. The van der Waals surface area contributed by atoms with E-state index in [2.05, 4.69) is 35.6 Å². The van der Waals surface area contributed by atoms with E-state index in [9.17, 15) is 5.11 Å². The van der Waals surface area contributed by atoms with E-state index in [0.717, 1.165) is 13.2 Å². The van der Waals surface area contributed by atoms with Crippen molar-refractivity contribution in [3.63, 3.8) is 0 Å². The molecule has 13 heteroatoms. The molecule has 1 aliphatic rings. The number of hydrogen-bond acceptors (Lipinski definition) is 12. The highest BCUT2D eigenvalue weighted by Crippen LogP contribution is 2.39. The molecular weight excluding hydrogens is 468 g/mol. The van der Waals surface area contributed by atoms with Crippen LogP contribution in [0.2, 0.25) is 0 Å². The highest BCUT2D eigenvalue weighted by molar-refractivity contribution is 5.66. The number of rotatable bonds is 8. The summed E-state index contributed by atoms with van der Waals surface area (Å²) in [6.45, 7) is 1.77. The van der Waals surface area contributed by atoms with E-state index in [-0.39, 0.29) is 36.5 Å². The van der Waals surface area contributed by atoms with Crippen molar-refractivity contribution >= 4 is 5.82 Å². The number of ether oxygens (including phenoxy) is 4. The first kappa shape index (κ1) is 24.8. The van der Waals surface area contributed by atoms with Gasteiger partial charge >= 0.3 is 0 Å². The number of hydrogen-bond donors (Lipinski definition) is 3. The molecule has 0 saturated carbocycles. The lowest BCUT2D eigenvalue weighted by molar-refractivity contribution is 0.192. The summed E-state index contributed by atoms with van der Waals surface area (Å²) in [6, 6.07) is 10.5. The highest BCUT2D eigenvalue weighted by atomic mass is 16.5. The molecule has 5 rings (SSSR count). The number of nitrogen functional groups attached to an aromatic ring is 1. The molecule has 13 nitrogen and oxygen atoms in total. The van der Waals surface area contributed by atoms with Crippen LogP contribution < -0.4 is 19.9 Å². The second kappa shape index (κ2) is 12.4. The highest BCUT2D eigenvalue weighted by Gasteiger charge is 2.19. The fraction of sp³-hybridized carbons (Fsp3) is 0.304. The lowest BCUT2D eigenvalue weighted by Gasteiger charge is -2.15. The Bertz CT molecular complexity index is 1240. The van der Waals surface area contributed by atoms with Gasteiger partial charge in [-0.15, -0.1) is 5.10 Å². The lowest BCUT2D eigenvalue weighted by atomic mass is 10.2. The van der Waals surface area contributed by atoms with Crippen molar-refractivity contribution in [3.05, 3.63) is 42.6 Å². The minimum absolute atomic E-state index is 0.0104. The number of nitrogens with zero attached hydrogens (tertiary/aromatic N) is 6. The minimum Gasteiger partial charge on any atom is -0.493 e. The van der Waals surface area contributed by atoms with Crippen molar-refractivity contribution in [1.82, 2.24) is 35.6 Å². The van der Waals surface area contributed by atoms with Gasteiger partial charge < -0.3 is 29.8 Å². The van der Waals surface area contributed by atoms with Crippen LogP contribution in [0.5, 0.6) is 23.1 Å². The number of aromatic amines is 1. The van der Waals surface area contributed by atoms with Crippen LogP contribution in [-0.2, 0) is 4.74 Å². The number of methoxy groups -OCH3 is 1. The zero-order chi connectivity index (χ0) is 25.2. The standard InChI is InChI=1S/C19H18N8O4.C4H8O/c1-29-13-4-2-3-5-14(13)31-15-16(20)22-17(23-19(15)30-9-8-28)11-6-7-21-12(10-11)18-24-26-27-25-18;1-2-4-5-3-1/h2-7,10,28H,8-9H2,1H3,(H2,20,22,23)(H,24,25,26,27);1-4H2. The molecule has 1 saturated heterocycles. The Balaban J connectivity index is 0.000000543. The van der Waals surface area contributed by atoms with Crippen LogP contribution in [0.15, 0.2) is 42.6 Å². The molecule has 4 aromatic rings. The first-order valence-electron chi connectivity index (χ1n) is 11.2. The van der Waals surface area contributed by atoms with Crippen LogP contribution in [0.25, 0.3) is 22.9 Å². The minimum atomic E-state index is -0.217. The van der Waals surface area contributed by atoms with Crippen molar-refractivity contribution in [1.29, 1.82) is 0 Å². The molecule has 36 heavy (non-hydrogen) atoms. The number of H-pyrrole nitrogens is 1. The fourth-order valence-electron chi connectivity index (χ4n) is 3.20. The Morgan fingerprint density at radius 3 is 2.58 bits per heavy atom. The SMILES string of the molecule is C1CCOC1.COc1ccccc1Oc1c(N)nc(-c2ccnc(-c3nnn[nH]3)c2)nc1OCCO. The van der Waals surface area contributed by atoms with Crippen molar-refractivity contribution in [2.45, 2.75) is 12.8 Å². The van der Waals surface area contributed by atoms with E-state index in [1.54, 1.807) is 36.5 Å². The molecule has 0 radical (unpaired) electrons. The normalized spacial score (nSPS) is 12.5. The van der Waals surface area contributed by atoms with Crippen LogP contribution in [-0.4, -0.2) is 74.2 Å². The topological polar surface area (TPSA) is 176 Å².